The van der Waals surface area contributed by atoms with Crippen LogP contribution in [0.4, 0.5) is 0 Å². The Balaban J connectivity index is 2.22. The minimum absolute atomic E-state index is 0.278. The van der Waals surface area contributed by atoms with Crippen molar-refractivity contribution in [3.05, 3.63) is 29.3 Å². The molecule has 0 bridgehead atoms. The van der Waals surface area contributed by atoms with Gasteiger partial charge in [0.2, 0.25) is 0 Å². The van der Waals surface area contributed by atoms with E-state index in [1.54, 1.807) is 7.11 Å². The standard InChI is InChI=1S/C15H24N2O2/c1-3-12-10-13(4-5-15(12)18-2)14(11-16)17-6-8-19-9-7-17/h4-5,10,14H,3,6-9,11,16H2,1-2H3. The summed E-state index contributed by atoms with van der Waals surface area (Å²) in [7, 11) is 1.72. The molecule has 0 amide bonds. The SMILES string of the molecule is CCc1cc(C(CN)N2CCOCC2)ccc1OC. The van der Waals surface area contributed by atoms with Crippen LogP contribution in [-0.4, -0.2) is 44.9 Å². The number of nitrogens with zero attached hydrogens (tertiary/aromatic N) is 1. The molecule has 1 saturated heterocycles. The monoisotopic (exact) mass is 264 g/mol. The second-order valence-electron chi connectivity index (χ2n) is 4.82. The third kappa shape index (κ3) is 3.26. The first-order chi connectivity index (χ1) is 9.30. The number of hydrogen-bond donors (Lipinski definition) is 1. The molecule has 0 spiro atoms. The summed E-state index contributed by atoms with van der Waals surface area (Å²) in [6.45, 7) is 6.29. The van der Waals surface area contributed by atoms with Gasteiger partial charge in [0.25, 0.3) is 0 Å². The van der Waals surface area contributed by atoms with Crippen molar-refractivity contribution >= 4 is 0 Å². The summed E-state index contributed by atoms with van der Waals surface area (Å²) >= 11 is 0. The highest BCUT2D eigenvalue weighted by Crippen LogP contribution is 2.27. The largest absolute Gasteiger partial charge is 0.496 e. The van der Waals surface area contributed by atoms with Gasteiger partial charge in [-0.05, 0) is 23.6 Å². The van der Waals surface area contributed by atoms with Gasteiger partial charge < -0.3 is 15.2 Å². The van der Waals surface area contributed by atoms with E-state index in [2.05, 4.69) is 30.0 Å². The third-order valence-electron chi connectivity index (χ3n) is 3.78. The average molecular weight is 264 g/mol. The van der Waals surface area contributed by atoms with Gasteiger partial charge in [0.1, 0.15) is 5.75 Å². The van der Waals surface area contributed by atoms with E-state index in [0.717, 1.165) is 38.5 Å². The van der Waals surface area contributed by atoms with Crippen molar-refractivity contribution in [1.29, 1.82) is 0 Å². The van der Waals surface area contributed by atoms with E-state index in [1.165, 1.54) is 11.1 Å². The van der Waals surface area contributed by atoms with Gasteiger partial charge in [0.05, 0.1) is 20.3 Å². The number of ether oxygens (including phenoxy) is 2. The highest BCUT2D eigenvalue weighted by molar-refractivity contribution is 5.38. The zero-order valence-corrected chi connectivity index (χ0v) is 11.9. The Kier molecular flexibility index (Phi) is 5.19. The lowest BCUT2D eigenvalue weighted by molar-refractivity contribution is 0.0179. The van der Waals surface area contributed by atoms with E-state index >= 15 is 0 Å². The van der Waals surface area contributed by atoms with E-state index in [0.29, 0.717) is 6.54 Å². The van der Waals surface area contributed by atoms with Gasteiger partial charge in [-0.1, -0.05) is 19.1 Å². The van der Waals surface area contributed by atoms with E-state index < -0.39 is 0 Å². The van der Waals surface area contributed by atoms with Gasteiger partial charge in [0, 0.05) is 25.7 Å². The van der Waals surface area contributed by atoms with Crippen LogP contribution in [0.3, 0.4) is 0 Å². The Morgan fingerprint density at radius 2 is 2.11 bits per heavy atom. The van der Waals surface area contributed by atoms with Crippen molar-refractivity contribution in [2.75, 3.05) is 40.0 Å². The molecule has 0 aliphatic carbocycles. The van der Waals surface area contributed by atoms with Crippen LogP contribution < -0.4 is 10.5 Å². The molecule has 0 radical (unpaired) electrons. The molecule has 1 aliphatic rings. The van der Waals surface area contributed by atoms with Crippen LogP contribution in [0.1, 0.15) is 24.1 Å². The van der Waals surface area contributed by atoms with E-state index in [9.17, 15) is 0 Å². The second-order valence-corrected chi connectivity index (χ2v) is 4.82. The summed E-state index contributed by atoms with van der Waals surface area (Å²) in [6.07, 6.45) is 0.970. The number of rotatable bonds is 5. The topological polar surface area (TPSA) is 47.7 Å². The zero-order chi connectivity index (χ0) is 13.7. The molecule has 2 rings (SSSR count). The Bertz CT molecular complexity index is 403. The lowest BCUT2D eigenvalue weighted by Gasteiger charge is -2.34. The van der Waals surface area contributed by atoms with Crippen LogP contribution in [0.25, 0.3) is 0 Å². The molecular formula is C15H24N2O2. The molecule has 1 aromatic carbocycles. The molecule has 106 valence electrons. The van der Waals surface area contributed by atoms with Gasteiger partial charge in [-0.2, -0.15) is 0 Å². The number of benzene rings is 1. The predicted molar refractivity (Wildman–Crippen MR) is 76.6 cm³/mol. The highest BCUT2D eigenvalue weighted by atomic mass is 16.5. The summed E-state index contributed by atoms with van der Waals surface area (Å²) in [5.41, 5.74) is 8.51. The highest BCUT2D eigenvalue weighted by Gasteiger charge is 2.21. The number of methoxy groups -OCH3 is 1. The van der Waals surface area contributed by atoms with Crippen molar-refractivity contribution in [1.82, 2.24) is 4.90 Å². The average Bonchev–Trinajstić information content (AvgIpc) is 2.49. The molecule has 1 aromatic rings. The van der Waals surface area contributed by atoms with Crippen LogP contribution in [0.2, 0.25) is 0 Å². The van der Waals surface area contributed by atoms with Crippen molar-refractivity contribution in [2.24, 2.45) is 5.73 Å². The molecule has 1 aliphatic heterocycles. The fraction of sp³-hybridized carbons (Fsp3) is 0.600. The minimum Gasteiger partial charge on any atom is -0.496 e. The Labute approximate surface area is 115 Å². The number of aryl methyl sites for hydroxylation is 1. The number of morpholine rings is 1. The molecule has 1 atom stereocenters. The molecule has 1 heterocycles. The fourth-order valence-corrected chi connectivity index (χ4v) is 2.67. The molecule has 4 heteroatoms. The predicted octanol–water partition coefficient (Wildman–Crippen LogP) is 1.59. The van der Waals surface area contributed by atoms with E-state index in [-0.39, 0.29) is 6.04 Å². The first-order valence-electron chi connectivity index (χ1n) is 6.98. The molecule has 1 fully saturated rings. The van der Waals surface area contributed by atoms with Crippen molar-refractivity contribution in [3.8, 4) is 5.75 Å². The first-order valence-corrected chi connectivity index (χ1v) is 6.98. The second kappa shape index (κ2) is 6.89. The third-order valence-corrected chi connectivity index (χ3v) is 3.78. The normalized spacial score (nSPS) is 18.3. The Morgan fingerprint density at radius 3 is 2.68 bits per heavy atom. The smallest absolute Gasteiger partial charge is 0.122 e. The molecule has 0 saturated carbocycles. The summed E-state index contributed by atoms with van der Waals surface area (Å²) in [5, 5.41) is 0. The number of nitrogens with two attached hydrogens (primary N) is 1. The van der Waals surface area contributed by atoms with Gasteiger partial charge in [-0.15, -0.1) is 0 Å². The van der Waals surface area contributed by atoms with Crippen molar-refractivity contribution in [3.63, 3.8) is 0 Å². The summed E-state index contributed by atoms with van der Waals surface area (Å²) in [5.74, 6) is 0.962. The first kappa shape index (κ1) is 14.3. The molecule has 1 unspecified atom stereocenters. The van der Waals surface area contributed by atoms with Crippen LogP contribution >= 0.6 is 0 Å². The molecular weight excluding hydrogens is 240 g/mol. The summed E-state index contributed by atoms with van der Waals surface area (Å²) in [4.78, 5) is 2.41. The molecule has 2 N–H and O–H groups in total. The maximum absolute atomic E-state index is 5.98. The summed E-state index contributed by atoms with van der Waals surface area (Å²) < 4.78 is 10.8. The lowest BCUT2D eigenvalue weighted by atomic mass is 10.0. The van der Waals surface area contributed by atoms with E-state index in [4.69, 9.17) is 15.2 Å². The van der Waals surface area contributed by atoms with Crippen LogP contribution in [-0.2, 0) is 11.2 Å². The maximum atomic E-state index is 5.98. The number of hydrogen-bond acceptors (Lipinski definition) is 4. The molecule has 4 nitrogen and oxygen atoms in total. The van der Waals surface area contributed by atoms with Crippen LogP contribution in [0.15, 0.2) is 18.2 Å². The minimum atomic E-state index is 0.278. The molecule has 19 heavy (non-hydrogen) atoms. The van der Waals surface area contributed by atoms with Crippen LogP contribution in [0, 0.1) is 0 Å². The van der Waals surface area contributed by atoms with Gasteiger partial charge in [-0.25, -0.2) is 0 Å². The van der Waals surface area contributed by atoms with Gasteiger partial charge in [0.15, 0.2) is 0 Å². The van der Waals surface area contributed by atoms with Crippen molar-refractivity contribution in [2.45, 2.75) is 19.4 Å². The Hall–Kier alpha value is -1.10. The van der Waals surface area contributed by atoms with Crippen LogP contribution in [0.5, 0.6) is 5.75 Å². The van der Waals surface area contributed by atoms with Gasteiger partial charge in [-0.3, -0.25) is 4.90 Å². The quantitative estimate of drug-likeness (QED) is 0.877. The van der Waals surface area contributed by atoms with E-state index in [1.807, 2.05) is 0 Å². The maximum Gasteiger partial charge on any atom is 0.122 e. The Morgan fingerprint density at radius 1 is 1.37 bits per heavy atom. The fourth-order valence-electron chi connectivity index (χ4n) is 2.67. The summed E-state index contributed by atoms with van der Waals surface area (Å²) in [6, 6.07) is 6.69. The molecule has 0 aromatic heterocycles. The van der Waals surface area contributed by atoms with Crippen molar-refractivity contribution < 1.29 is 9.47 Å². The lowest BCUT2D eigenvalue weighted by Crippen LogP contribution is -2.41. The van der Waals surface area contributed by atoms with Gasteiger partial charge >= 0.3 is 0 Å². The zero-order valence-electron chi connectivity index (χ0n) is 11.9.